The van der Waals surface area contributed by atoms with Crippen molar-refractivity contribution < 1.29 is 9.59 Å². The van der Waals surface area contributed by atoms with E-state index in [0.29, 0.717) is 0 Å². The van der Waals surface area contributed by atoms with Gasteiger partial charge in [-0.2, -0.15) is 0 Å². The van der Waals surface area contributed by atoms with Crippen molar-refractivity contribution in [3.8, 4) is 0 Å². The van der Waals surface area contributed by atoms with Gasteiger partial charge in [-0.25, -0.2) is 0 Å². The zero-order valence-corrected chi connectivity index (χ0v) is 13.2. The van der Waals surface area contributed by atoms with Gasteiger partial charge in [0.05, 0.1) is 0 Å². The van der Waals surface area contributed by atoms with Crippen LogP contribution < -0.4 is 5.32 Å². The van der Waals surface area contributed by atoms with Gasteiger partial charge in [0.2, 0.25) is 11.8 Å². The Morgan fingerprint density at radius 2 is 1.80 bits per heavy atom. The van der Waals surface area contributed by atoms with Gasteiger partial charge in [-0.1, -0.05) is 40.0 Å². The number of amides is 2. The number of rotatable bonds is 4. The summed E-state index contributed by atoms with van der Waals surface area (Å²) in [6.07, 6.45) is 5.53. The zero-order chi connectivity index (χ0) is 14.9. The van der Waals surface area contributed by atoms with E-state index < -0.39 is 5.54 Å². The third-order valence-corrected chi connectivity index (χ3v) is 5.35. The molecule has 0 aromatic heterocycles. The third-order valence-electron chi connectivity index (χ3n) is 5.35. The van der Waals surface area contributed by atoms with Crippen molar-refractivity contribution in [2.45, 2.75) is 83.8 Å². The van der Waals surface area contributed by atoms with E-state index in [4.69, 9.17) is 0 Å². The predicted molar refractivity (Wildman–Crippen MR) is 79.2 cm³/mol. The van der Waals surface area contributed by atoms with Crippen LogP contribution in [0.2, 0.25) is 0 Å². The van der Waals surface area contributed by atoms with E-state index in [1.807, 2.05) is 11.8 Å². The van der Waals surface area contributed by atoms with E-state index in [-0.39, 0.29) is 29.8 Å². The molecule has 2 aliphatic rings. The van der Waals surface area contributed by atoms with Crippen molar-refractivity contribution in [1.29, 1.82) is 0 Å². The maximum absolute atomic E-state index is 12.9. The van der Waals surface area contributed by atoms with Crippen molar-refractivity contribution in [2.24, 2.45) is 5.92 Å². The molecule has 1 saturated heterocycles. The molecule has 4 heteroatoms. The molecular weight excluding hydrogens is 252 g/mol. The van der Waals surface area contributed by atoms with Crippen molar-refractivity contribution >= 4 is 11.8 Å². The van der Waals surface area contributed by atoms with E-state index in [0.717, 1.165) is 38.5 Å². The second-order valence-corrected chi connectivity index (χ2v) is 6.54. The summed E-state index contributed by atoms with van der Waals surface area (Å²) in [6, 6.07) is -0.203. The fraction of sp³-hybridized carbons (Fsp3) is 0.875. The van der Waals surface area contributed by atoms with Crippen LogP contribution in [0.15, 0.2) is 0 Å². The fourth-order valence-corrected chi connectivity index (χ4v) is 3.68. The molecule has 0 aromatic rings. The first-order valence-corrected chi connectivity index (χ1v) is 8.12. The first kappa shape index (κ1) is 15.3. The SMILES string of the molecule is CCC(C)C1NC(=O)C2(CCCC2)N(C(C)CC)C1=O. The van der Waals surface area contributed by atoms with Gasteiger partial charge in [-0.3, -0.25) is 9.59 Å². The molecule has 114 valence electrons. The molecule has 0 aromatic carbocycles. The van der Waals surface area contributed by atoms with Gasteiger partial charge >= 0.3 is 0 Å². The Labute approximate surface area is 122 Å². The minimum absolute atomic E-state index is 0.0835. The normalized spacial score (nSPS) is 28.6. The lowest BCUT2D eigenvalue weighted by Gasteiger charge is -2.50. The maximum Gasteiger partial charge on any atom is 0.246 e. The van der Waals surface area contributed by atoms with Crippen LogP contribution in [0.1, 0.15) is 66.2 Å². The number of hydrogen-bond donors (Lipinski definition) is 1. The molecule has 1 saturated carbocycles. The number of carbonyl (C=O) groups is 2. The Hall–Kier alpha value is -1.06. The first-order valence-electron chi connectivity index (χ1n) is 8.12. The molecular formula is C16H28N2O2. The van der Waals surface area contributed by atoms with Crippen molar-refractivity contribution in [3.05, 3.63) is 0 Å². The summed E-state index contributed by atoms with van der Waals surface area (Å²) in [5, 5.41) is 3.03. The lowest BCUT2D eigenvalue weighted by molar-refractivity contribution is -0.162. The van der Waals surface area contributed by atoms with Gasteiger partial charge in [0.15, 0.2) is 0 Å². The van der Waals surface area contributed by atoms with Crippen LogP contribution in [0.25, 0.3) is 0 Å². The Morgan fingerprint density at radius 1 is 1.20 bits per heavy atom. The van der Waals surface area contributed by atoms with Gasteiger partial charge in [-0.15, -0.1) is 0 Å². The second kappa shape index (κ2) is 5.74. The number of piperazine rings is 1. The van der Waals surface area contributed by atoms with Crippen LogP contribution in [-0.4, -0.2) is 34.3 Å². The lowest BCUT2D eigenvalue weighted by atomic mass is 9.84. The van der Waals surface area contributed by atoms with E-state index in [1.165, 1.54) is 0 Å². The Kier molecular flexibility index (Phi) is 4.40. The Bertz CT molecular complexity index is 388. The van der Waals surface area contributed by atoms with Gasteiger partial charge < -0.3 is 10.2 Å². The van der Waals surface area contributed by atoms with E-state index in [2.05, 4.69) is 26.1 Å². The molecule has 1 heterocycles. The van der Waals surface area contributed by atoms with Crippen LogP contribution in [-0.2, 0) is 9.59 Å². The molecule has 2 amide bonds. The molecule has 1 spiro atoms. The molecule has 2 rings (SSSR count). The number of carbonyl (C=O) groups excluding carboxylic acids is 2. The summed E-state index contributed by atoms with van der Waals surface area (Å²) in [4.78, 5) is 27.6. The molecule has 0 radical (unpaired) electrons. The van der Waals surface area contributed by atoms with Crippen LogP contribution in [0.5, 0.6) is 0 Å². The number of nitrogens with zero attached hydrogens (tertiary/aromatic N) is 1. The molecule has 3 atom stereocenters. The van der Waals surface area contributed by atoms with Crippen molar-refractivity contribution in [2.75, 3.05) is 0 Å². The lowest BCUT2D eigenvalue weighted by Crippen LogP contribution is -2.72. The highest BCUT2D eigenvalue weighted by molar-refractivity contribution is 6.00. The van der Waals surface area contributed by atoms with Crippen molar-refractivity contribution in [3.63, 3.8) is 0 Å². The summed E-state index contributed by atoms with van der Waals surface area (Å²) in [5.41, 5.74) is -0.559. The minimum atomic E-state index is -0.559. The molecule has 0 bridgehead atoms. The highest BCUT2D eigenvalue weighted by Gasteiger charge is 2.55. The number of nitrogens with one attached hydrogen (secondary N) is 1. The van der Waals surface area contributed by atoms with Crippen LogP contribution in [0.3, 0.4) is 0 Å². The summed E-state index contributed by atoms with van der Waals surface area (Å²) in [5.74, 6) is 0.409. The van der Waals surface area contributed by atoms with Crippen LogP contribution >= 0.6 is 0 Å². The van der Waals surface area contributed by atoms with E-state index in [1.54, 1.807) is 0 Å². The maximum atomic E-state index is 12.9. The molecule has 2 fully saturated rings. The summed E-state index contributed by atoms with van der Waals surface area (Å²) >= 11 is 0. The van der Waals surface area contributed by atoms with E-state index >= 15 is 0 Å². The first-order chi connectivity index (χ1) is 9.47. The quantitative estimate of drug-likeness (QED) is 0.860. The predicted octanol–water partition coefficient (Wildman–Crippen LogP) is 2.47. The summed E-state index contributed by atoms with van der Waals surface area (Å²) in [7, 11) is 0. The minimum Gasteiger partial charge on any atom is -0.342 e. The van der Waals surface area contributed by atoms with Gasteiger partial charge in [-0.05, 0) is 32.1 Å². The summed E-state index contributed by atoms with van der Waals surface area (Å²) < 4.78 is 0. The van der Waals surface area contributed by atoms with Crippen LogP contribution in [0, 0.1) is 5.92 Å². The molecule has 20 heavy (non-hydrogen) atoms. The smallest absolute Gasteiger partial charge is 0.246 e. The number of hydrogen-bond acceptors (Lipinski definition) is 2. The monoisotopic (exact) mass is 280 g/mol. The molecule has 3 unspecified atom stereocenters. The van der Waals surface area contributed by atoms with Gasteiger partial charge in [0.1, 0.15) is 11.6 Å². The molecule has 1 aliphatic carbocycles. The highest BCUT2D eigenvalue weighted by atomic mass is 16.2. The zero-order valence-electron chi connectivity index (χ0n) is 13.2. The second-order valence-electron chi connectivity index (χ2n) is 6.54. The summed E-state index contributed by atoms with van der Waals surface area (Å²) in [6.45, 7) is 8.28. The molecule has 4 nitrogen and oxygen atoms in total. The van der Waals surface area contributed by atoms with Crippen molar-refractivity contribution in [1.82, 2.24) is 10.2 Å². The van der Waals surface area contributed by atoms with Gasteiger partial charge in [0.25, 0.3) is 0 Å². The standard InChI is InChI=1S/C16H28N2O2/c1-5-11(3)13-14(19)18(12(4)6-2)16(15(20)17-13)9-7-8-10-16/h11-13H,5-10H2,1-4H3,(H,17,20). The highest BCUT2D eigenvalue weighted by Crippen LogP contribution is 2.40. The Balaban J connectivity index is 2.36. The third kappa shape index (κ3) is 2.23. The van der Waals surface area contributed by atoms with Gasteiger partial charge in [0, 0.05) is 6.04 Å². The average molecular weight is 280 g/mol. The molecule has 1 aliphatic heterocycles. The average Bonchev–Trinajstić information content (AvgIpc) is 2.92. The topological polar surface area (TPSA) is 49.4 Å². The molecule has 1 N–H and O–H groups in total. The van der Waals surface area contributed by atoms with Crippen LogP contribution in [0.4, 0.5) is 0 Å². The largest absolute Gasteiger partial charge is 0.342 e. The van der Waals surface area contributed by atoms with E-state index in [9.17, 15) is 9.59 Å². The Morgan fingerprint density at radius 3 is 2.30 bits per heavy atom. The fourth-order valence-electron chi connectivity index (χ4n) is 3.68.